The molecule has 0 aliphatic rings. The quantitative estimate of drug-likeness (QED) is 0.335. The first kappa shape index (κ1) is 19.7. The lowest BCUT2D eigenvalue weighted by Crippen LogP contribution is -2.10. The maximum Gasteiger partial charge on any atom is 0.341 e. The Hall–Kier alpha value is -3.59. The summed E-state index contributed by atoms with van der Waals surface area (Å²) in [5.74, 6) is -1.22. The molecule has 0 bridgehead atoms. The second-order valence-electron chi connectivity index (χ2n) is 5.90. The number of aromatic nitrogens is 1. The highest BCUT2D eigenvalue weighted by atomic mass is 16.5. The number of hydrogen-bond donors (Lipinski definition) is 1. The molecule has 1 heterocycles. The molecule has 0 saturated heterocycles. The van der Waals surface area contributed by atoms with Gasteiger partial charge in [-0.15, -0.1) is 6.58 Å². The average molecular weight is 364 g/mol. The van der Waals surface area contributed by atoms with E-state index >= 15 is 0 Å². The van der Waals surface area contributed by atoms with Crippen LogP contribution in [0.25, 0.3) is 6.08 Å². The molecule has 6 nitrogen and oxygen atoms in total. The number of rotatable bonds is 8. The second-order valence-corrected chi connectivity index (χ2v) is 5.90. The predicted molar refractivity (Wildman–Crippen MR) is 102 cm³/mol. The van der Waals surface area contributed by atoms with Gasteiger partial charge < -0.3 is 14.4 Å². The van der Waals surface area contributed by atoms with Gasteiger partial charge in [0.05, 0.1) is 0 Å². The first-order valence-electron chi connectivity index (χ1n) is 8.26. The van der Waals surface area contributed by atoms with Crippen molar-refractivity contribution in [3.05, 3.63) is 71.1 Å². The van der Waals surface area contributed by atoms with Gasteiger partial charge in [-0.3, -0.25) is 4.79 Å². The van der Waals surface area contributed by atoms with Crippen LogP contribution < -0.4 is 4.74 Å². The van der Waals surface area contributed by atoms with Crippen LogP contribution in [0, 0.1) is 25.2 Å². The molecule has 1 aromatic carbocycles. The van der Waals surface area contributed by atoms with E-state index in [0.717, 1.165) is 11.4 Å². The van der Waals surface area contributed by atoms with Crippen molar-refractivity contribution in [1.82, 2.24) is 4.57 Å². The van der Waals surface area contributed by atoms with Crippen LogP contribution in [0.15, 0.2) is 48.6 Å². The van der Waals surface area contributed by atoms with Gasteiger partial charge in [0, 0.05) is 29.1 Å². The summed E-state index contributed by atoms with van der Waals surface area (Å²) in [6, 6.07) is 10.3. The number of carbonyl (C=O) groups excluding carboxylic acids is 1. The zero-order valence-corrected chi connectivity index (χ0v) is 15.2. The molecule has 0 saturated carbocycles. The van der Waals surface area contributed by atoms with E-state index in [1.54, 1.807) is 36.4 Å². The Morgan fingerprint density at radius 2 is 2.04 bits per heavy atom. The van der Waals surface area contributed by atoms with Gasteiger partial charge in [0.25, 0.3) is 0 Å². The molecule has 0 radical (unpaired) electrons. The maximum absolute atomic E-state index is 12.9. The molecule has 0 atom stereocenters. The predicted octanol–water partition coefficient (Wildman–Crippen LogP) is 3.54. The Kier molecular flexibility index (Phi) is 6.34. The minimum atomic E-state index is -1.11. The molecule has 0 aliphatic carbocycles. The third-order valence-corrected chi connectivity index (χ3v) is 4.07. The Labute approximate surface area is 157 Å². The number of ether oxygens (including phenoxy) is 1. The smallest absolute Gasteiger partial charge is 0.341 e. The van der Waals surface area contributed by atoms with Crippen LogP contribution in [-0.2, 0) is 11.3 Å². The normalized spacial score (nSPS) is 10.9. The van der Waals surface area contributed by atoms with Crippen molar-refractivity contribution in [2.24, 2.45) is 0 Å². The van der Waals surface area contributed by atoms with E-state index in [1.807, 2.05) is 24.5 Å². The fourth-order valence-corrected chi connectivity index (χ4v) is 2.76. The Bertz CT molecular complexity index is 961. The van der Waals surface area contributed by atoms with E-state index in [1.165, 1.54) is 6.08 Å². The van der Waals surface area contributed by atoms with Crippen LogP contribution in [0.4, 0.5) is 0 Å². The molecule has 138 valence electrons. The number of hydrogen-bond acceptors (Lipinski definition) is 4. The zero-order valence-electron chi connectivity index (χ0n) is 15.2. The standard InChI is InChI=1S/C21H20N2O4/c1-4-9-23-14(2)10-18(15(23)3)21(26)17(12-22)11-16-7-5-6-8-19(16)27-13-20(24)25/h4-8,10-11H,1,9,13H2,2-3H3,(H,24,25)/b17-11+. The minimum Gasteiger partial charge on any atom is -0.481 e. The zero-order chi connectivity index (χ0) is 20.0. The van der Waals surface area contributed by atoms with E-state index in [2.05, 4.69) is 6.58 Å². The summed E-state index contributed by atoms with van der Waals surface area (Å²) < 4.78 is 7.17. The summed E-state index contributed by atoms with van der Waals surface area (Å²) in [4.78, 5) is 23.6. The lowest BCUT2D eigenvalue weighted by Gasteiger charge is -2.08. The molecular formula is C21H20N2O4. The van der Waals surface area contributed by atoms with Crippen LogP contribution in [0.3, 0.4) is 0 Å². The fourth-order valence-electron chi connectivity index (χ4n) is 2.76. The third-order valence-electron chi connectivity index (χ3n) is 4.07. The summed E-state index contributed by atoms with van der Waals surface area (Å²) in [7, 11) is 0. The highest BCUT2D eigenvalue weighted by Gasteiger charge is 2.19. The van der Waals surface area contributed by atoms with Gasteiger partial charge in [0.1, 0.15) is 17.4 Å². The lowest BCUT2D eigenvalue weighted by atomic mass is 10.0. The van der Waals surface area contributed by atoms with Gasteiger partial charge in [-0.2, -0.15) is 5.26 Å². The highest BCUT2D eigenvalue weighted by Crippen LogP contribution is 2.24. The van der Waals surface area contributed by atoms with Crippen molar-refractivity contribution in [3.63, 3.8) is 0 Å². The van der Waals surface area contributed by atoms with E-state index < -0.39 is 18.4 Å². The minimum absolute atomic E-state index is 0.0553. The van der Waals surface area contributed by atoms with Gasteiger partial charge in [0.15, 0.2) is 6.61 Å². The fraction of sp³-hybridized carbons (Fsp3) is 0.190. The Morgan fingerprint density at radius 1 is 1.33 bits per heavy atom. The molecule has 1 N–H and O–H groups in total. The summed E-state index contributed by atoms with van der Waals surface area (Å²) in [6.45, 7) is 7.48. The monoisotopic (exact) mass is 364 g/mol. The summed E-state index contributed by atoms with van der Waals surface area (Å²) in [5.41, 5.74) is 2.52. The second kappa shape index (κ2) is 8.68. The van der Waals surface area contributed by atoms with Crippen molar-refractivity contribution in [2.75, 3.05) is 6.61 Å². The molecule has 0 spiro atoms. The Morgan fingerprint density at radius 3 is 2.67 bits per heavy atom. The van der Waals surface area contributed by atoms with Gasteiger partial charge in [-0.1, -0.05) is 24.3 Å². The Balaban J connectivity index is 2.42. The molecule has 0 aliphatic heterocycles. The van der Waals surface area contributed by atoms with Gasteiger partial charge in [0.2, 0.25) is 5.78 Å². The number of aryl methyl sites for hydroxylation is 1. The number of nitriles is 1. The van der Waals surface area contributed by atoms with E-state index in [4.69, 9.17) is 9.84 Å². The number of ketones is 1. The van der Waals surface area contributed by atoms with E-state index in [0.29, 0.717) is 17.7 Å². The number of carbonyl (C=O) groups is 2. The molecule has 0 unspecified atom stereocenters. The van der Waals surface area contributed by atoms with Gasteiger partial charge in [-0.25, -0.2) is 4.79 Å². The molecule has 2 rings (SSSR count). The molecule has 6 heteroatoms. The number of carboxylic acid groups (broad SMARTS) is 1. The third kappa shape index (κ3) is 4.53. The number of para-hydroxylation sites is 1. The average Bonchev–Trinajstić information content (AvgIpc) is 2.93. The number of aliphatic carboxylic acids is 1. The number of Topliss-reactive ketones (excluding diaryl/α,β-unsaturated/α-hetero) is 1. The molecule has 0 amide bonds. The van der Waals surface area contributed by atoms with Crippen molar-refractivity contribution < 1.29 is 19.4 Å². The highest BCUT2D eigenvalue weighted by molar-refractivity contribution is 6.14. The summed E-state index contributed by atoms with van der Waals surface area (Å²) in [5, 5.41) is 18.3. The van der Waals surface area contributed by atoms with E-state index in [-0.39, 0.29) is 11.3 Å². The summed E-state index contributed by atoms with van der Waals surface area (Å²) in [6.07, 6.45) is 3.16. The van der Waals surface area contributed by atoms with Gasteiger partial charge >= 0.3 is 5.97 Å². The molecule has 1 aromatic heterocycles. The van der Waals surface area contributed by atoms with Crippen LogP contribution in [0.2, 0.25) is 0 Å². The first-order valence-corrected chi connectivity index (χ1v) is 8.26. The molecular weight excluding hydrogens is 344 g/mol. The topological polar surface area (TPSA) is 92.3 Å². The van der Waals surface area contributed by atoms with Crippen molar-refractivity contribution in [3.8, 4) is 11.8 Å². The number of carboxylic acids is 1. The largest absolute Gasteiger partial charge is 0.481 e. The van der Waals surface area contributed by atoms with Crippen LogP contribution >= 0.6 is 0 Å². The molecule has 27 heavy (non-hydrogen) atoms. The number of benzene rings is 1. The first-order chi connectivity index (χ1) is 12.9. The van der Waals surface area contributed by atoms with Crippen molar-refractivity contribution in [2.45, 2.75) is 20.4 Å². The molecule has 2 aromatic rings. The molecule has 0 fully saturated rings. The van der Waals surface area contributed by atoms with Crippen LogP contribution in [-0.4, -0.2) is 28.0 Å². The number of nitrogens with zero attached hydrogens (tertiary/aromatic N) is 2. The van der Waals surface area contributed by atoms with Crippen LogP contribution in [0.1, 0.15) is 27.3 Å². The SMILES string of the molecule is C=CCn1c(C)cc(C(=O)/C(C#N)=C/c2ccccc2OCC(=O)O)c1C. The van der Waals surface area contributed by atoms with Crippen molar-refractivity contribution >= 4 is 17.8 Å². The van der Waals surface area contributed by atoms with Crippen LogP contribution in [0.5, 0.6) is 5.75 Å². The van der Waals surface area contributed by atoms with E-state index in [9.17, 15) is 14.9 Å². The number of allylic oxidation sites excluding steroid dienone is 2. The summed E-state index contributed by atoms with van der Waals surface area (Å²) >= 11 is 0. The lowest BCUT2D eigenvalue weighted by molar-refractivity contribution is -0.139. The maximum atomic E-state index is 12.9. The van der Waals surface area contributed by atoms with Crippen molar-refractivity contribution in [1.29, 1.82) is 5.26 Å². The van der Waals surface area contributed by atoms with Gasteiger partial charge in [-0.05, 0) is 32.1 Å².